The van der Waals surface area contributed by atoms with E-state index in [4.69, 9.17) is 9.47 Å². The molecule has 20 heavy (non-hydrogen) atoms. The third-order valence-corrected chi connectivity index (χ3v) is 3.47. The molecule has 1 amide bonds. The molecule has 0 aromatic heterocycles. The predicted octanol–water partition coefficient (Wildman–Crippen LogP) is 2.05. The predicted molar refractivity (Wildman–Crippen MR) is 73.3 cm³/mol. The van der Waals surface area contributed by atoms with Crippen molar-refractivity contribution in [1.82, 2.24) is 4.90 Å². The summed E-state index contributed by atoms with van der Waals surface area (Å²) >= 11 is 0. The second-order valence-electron chi connectivity index (χ2n) is 4.84. The number of fused-ring (bicyclic) bond motifs is 1. The number of nitrogens with zero attached hydrogens (tertiary/aromatic N) is 1. The molecule has 0 bridgehead atoms. The van der Waals surface area contributed by atoms with Crippen molar-refractivity contribution in [3.63, 3.8) is 0 Å². The maximum Gasteiger partial charge on any atom is 0.410 e. The maximum absolute atomic E-state index is 12.0. The fourth-order valence-corrected chi connectivity index (χ4v) is 2.46. The lowest BCUT2D eigenvalue weighted by Gasteiger charge is -2.34. The molecule has 0 aliphatic carbocycles. The lowest BCUT2D eigenvalue weighted by molar-refractivity contribution is -0.147. The zero-order valence-electron chi connectivity index (χ0n) is 12.0. The Morgan fingerprint density at radius 2 is 2.10 bits per heavy atom. The maximum atomic E-state index is 12.0. The monoisotopic (exact) mass is 277 g/mol. The minimum absolute atomic E-state index is 0.282. The summed E-state index contributed by atoms with van der Waals surface area (Å²) in [5.74, 6) is -0.413. The van der Waals surface area contributed by atoms with E-state index in [0.29, 0.717) is 13.0 Å². The van der Waals surface area contributed by atoms with Gasteiger partial charge in [-0.3, -0.25) is 4.90 Å². The van der Waals surface area contributed by atoms with Gasteiger partial charge in [-0.2, -0.15) is 0 Å². The van der Waals surface area contributed by atoms with E-state index < -0.39 is 18.1 Å². The first kappa shape index (κ1) is 14.4. The van der Waals surface area contributed by atoms with Crippen LogP contribution in [0.2, 0.25) is 0 Å². The first-order chi connectivity index (χ1) is 9.56. The van der Waals surface area contributed by atoms with Crippen LogP contribution in [0.5, 0.6) is 0 Å². The number of benzene rings is 1. The normalized spacial score (nSPS) is 17.4. The summed E-state index contributed by atoms with van der Waals surface area (Å²) in [6.07, 6.45) is -0.0174. The summed E-state index contributed by atoms with van der Waals surface area (Å²) < 4.78 is 9.83. The summed E-state index contributed by atoms with van der Waals surface area (Å²) in [6, 6.07) is 5.43. The molecule has 0 unspecified atom stereocenters. The second-order valence-corrected chi connectivity index (χ2v) is 4.84. The van der Waals surface area contributed by atoms with Crippen LogP contribution >= 0.6 is 0 Å². The van der Waals surface area contributed by atoms with Crippen molar-refractivity contribution in [2.75, 3.05) is 13.7 Å². The van der Waals surface area contributed by atoms with Gasteiger partial charge in [0.15, 0.2) is 0 Å². The lowest BCUT2D eigenvalue weighted by atomic mass is 9.93. The molecule has 5 heteroatoms. The minimum Gasteiger partial charge on any atom is -0.467 e. The number of carbonyl (C=O) groups is 2. The lowest BCUT2D eigenvalue weighted by Crippen LogP contribution is -2.49. The fourth-order valence-electron chi connectivity index (χ4n) is 2.46. The molecule has 108 valence electrons. The number of hydrogen-bond acceptors (Lipinski definition) is 4. The number of methoxy groups -OCH3 is 1. The van der Waals surface area contributed by atoms with Gasteiger partial charge in [0.25, 0.3) is 0 Å². The molecule has 5 nitrogen and oxygen atoms in total. The van der Waals surface area contributed by atoms with Crippen molar-refractivity contribution >= 4 is 12.1 Å². The molecule has 0 radical (unpaired) electrons. The highest BCUT2D eigenvalue weighted by Crippen LogP contribution is 2.25. The number of rotatable bonds is 2. The van der Waals surface area contributed by atoms with Gasteiger partial charge in [0.05, 0.1) is 20.3 Å². The van der Waals surface area contributed by atoms with E-state index in [9.17, 15) is 9.59 Å². The first-order valence-corrected chi connectivity index (χ1v) is 6.66. The highest BCUT2D eigenvalue weighted by molar-refractivity contribution is 5.82. The molecular weight excluding hydrogens is 258 g/mol. The molecule has 2 rings (SSSR count). The van der Waals surface area contributed by atoms with Gasteiger partial charge in [-0.25, -0.2) is 9.59 Å². The van der Waals surface area contributed by atoms with E-state index in [1.165, 1.54) is 12.0 Å². The minimum atomic E-state index is -0.616. The van der Waals surface area contributed by atoms with Crippen molar-refractivity contribution in [2.45, 2.75) is 32.9 Å². The number of esters is 1. The highest BCUT2D eigenvalue weighted by atomic mass is 16.6. The number of ether oxygens (including phenoxy) is 2. The Labute approximate surface area is 118 Å². The van der Waals surface area contributed by atoms with Gasteiger partial charge in [-0.15, -0.1) is 0 Å². The van der Waals surface area contributed by atoms with E-state index in [2.05, 4.69) is 0 Å². The van der Waals surface area contributed by atoms with Crippen molar-refractivity contribution < 1.29 is 19.1 Å². The van der Waals surface area contributed by atoms with Crippen LogP contribution in [0.15, 0.2) is 18.2 Å². The van der Waals surface area contributed by atoms with E-state index in [1.807, 2.05) is 25.1 Å². The average Bonchev–Trinajstić information content (AvgIpc) is 2.45. The zero-order valence-corrected chi connectivity index (χ0v) is 12.0. The van der Waals surface area contributed by atoms with E-state index in [0.717, 1.165) is 16.7 Å². The van der Waals surface area contributed by atoms with Crippen LogP contribution in [0, 0.1) is 6.92 Å². The van der Waals surface area contributed by atoms with Crippen LogP contribution in [0.1, 0.15) is 23.6 Å². The molecule has 1 heterocycles. The van der Waals surface area contributed by atoms with E-state index >= 15 is 0 Å². The van der Waals surface area contributed by atoms with Gasteiger partial charge < -0.3 is 9.47 Å². The highest BCUT2D eigenvalue weighted by Gasteiger charge is 2.36. The Morgan fingerprint density at radius 3 is 2.75 bits per heavy atom. The van der Waals surface area contributed by atoms with Crippen LogP contribution < -0.4 is 0 Å². The summed E-state index contributed by atoms with van der Waals surface area (Å²) in [4.78, 5) is 25.4. The van der Waals surface area contributed by atoms with E-state index in [1.54, 1.807) is 6.92 Å². The van der Waals surface area contributed by atoms with Gasteiger partial charge in [0, 0.05) is 6.42 Å². The van der Waals surface area contributed by atoms with Crippen molar-refractivity contribution in [1.29, 1.82) is 0 Å². The van der Waals surface area contributed by atoms with E-state index in [-0.39, 0.29) is 6.61 Å². The summed E-state index contributed by atoms with van der Waals surface area (Å²) in [5.41, 5.74) is 3.26. The first-order valence-electron chi connectivity index (χ1n) is 6.66. The molecule has 1 atom stereocenters. The van der Waals surface area contributed by atoms with Gasteiger partial charge in [-0.05, 0) is 25.0 Å². The third kappa shape index (κ3) is 2.76. The quantitative estimate of drug-likeness (QED) is 0.776. The molecule has 1 aliphatic rings. The summed E-state index contributed by atoms with van der Waals surface area (Å²) in [5, 5.41) is 0. The van der Waals surface area contributed by atoms with Crippen molar-refractivity contribution in [3.8, 4) is 0 Å². The van der Waals surface area contributed by atoms with Crippen LogP contribution in [-0.4, -0.2) is 36.7 Å². The topological polar surface area (TPSA) is 55.8 Å². The summed E-state index contributed by atoms with van der Waals surface area (Å²) in [6.45, 7) is 4.40. The van der Waals surface area contributed by atoms with Gasteiger partial charge >= 0.3 is 12.1 Å². The smallest absolute Gasteiger partial charge is 0.410 e. The van der Waals surface area contributed by atoms with Gasteiger partial charge in [0.2, 0.25) is 0 Å². The van der Waals surface area contributed by atoms with Gasteiger partial charge in [-0.1, -0.05) is 23.8 Å². The molecule has 0 saturated heterocycles. The second kappa shape index (κ2) is 5.94. The number of aryl methyl sites for hydroxylation is 1. The molecule has 0 N–H and O–H groups in total. The van der Waals surface area contributed by atoms with Crippen LogP contribution in [0.25, 0.3) is 0 Å². The fraction of sp³-hybridized carbons (Fsp3) is 0.467. The van der Waals surface area contributed by atoms with Crippen LogP contribution in [0.3, 0.4) is 0 Å². The SMILES string of the molecule is CCOC(=O)N1Cc2cc(C)ccc2C[C@@H]1C(=O)OC. The Bertz CT molecular complexity index is 527. The summed E-state index contributed by atoms with van der Waals surface area (Å²) in [7, 11) is 1.33. The molecule has 1 aliphatic heterocycles. The van der Waals surface area contributed by atoms with Crippen molar-refractivity contribution in [2.24, 2.45) is 0 Å². The average molecular weight is 277 g/mol. The van der Waals surface area contributed by atoms with Gasteiger partial charge in [0.1, 0.15) is 6.04 Å². The Hall–Kier alpha value is -2.04. The Kier molecular flexibility index (Phi) is 4.27. The molecule has 0 fully saturated rings. The molecular formula is C15H19NO4. The van der Waals surface area contributed by atoms with Crippen molar-refractivity contribution in [3.05, 3.63) is 34.9 Å². The number of carbonyl (C=O) groups excluding carboxylic acids is 2. The number of hydrogen-bond donors (Lipinski definition) is 0. The number of amides is 1. The third-order valence-electron chi connectivity index (χ3n) is 3.47. The molecule has 1 aromatic rings. The standard InChI is InChI=1S/C15H19NO4/c1-4-20-15(18)16-9-12-7-10(2)5-6-11(12)8-13(16)14(17)19-3/h5-7,13H,4,8-9H2,1-3H3/t13-/m1/s1. The zero-order chi connectivity index (χ0) is 14.7. The molecule has 0 spiro atoms. The van der Waals surface area contributed by atoms with Crippen LogP contribution in [-0.2, 0) is 27.2 Å². The Morgan fingerprint density at radius 1 is 1.35 bits per heavy atom. The molecule has 0 saturated carbocycles. The molecule has 1 aromatic carbocycles. The largest absolute Gasteiger partial charge is 0.467 e. The van der Waals surface area contributed by atoms with Crippen LogP contribution in [0.4, 0.5) is 4.79 Å². The Balaban J connectivity index is 2.32.